The maximum atomic E-state index is 13.0. The molecular weight excluding hydrogens is 295 g/mol. The SMILES string of the molecule is COc1cccn2c(Cc3ccccc3C(F)(F)F)nnc12. The van der Waals surface area contributed by atoms with Gasteiger partial charge in [-0.05, 0) is 23.8 Å². The van der Waals surface area contributed by atoms with E-state index in [9.17, 15) is 13.2 Å². The molecule has 0 saturated carbocycles. The number of rotatable bonds is 3. The molecule has 0 bridgehead atoms. The number of ether oxygens (including phenoxy) is 1. The van der Waals surface area contributed by atoms with Crippen LogP contribution in [0.5, 0.6) is 5.75 Å². The number of nitrogens with zero attached hydrogens (tertiary/aromatic N) is 3. The maximum absolute atomic E-state index is 13.0. The smallest absolute Gasteiger partial charge is 0.416 e. The molecule has 0 unspecified atom stereocenters. The number of aromatic nitrogens is 3. The van der Waals surface area contributed by atoms with Gasteiger partial charge in [0.1, 0.15) is 5.82 Å². The van der Waals surface area contributed by atoms with Gasteiger partial charge < -0.3 is 4.74 Å². The van der Waals surface area contributed by atoms with Crippen LogP contribution in [0.25, 0.3) is 5.65 Å². The minimum atomic E-state index is -4.39. The van der Waals surface area contributed by atoms with Crippen LogP contribution in [0.2, 0.25) is 0 Å². The number of fused-ring (bicyclic) bond motifs is 1. The zero-order valence-corrected chi connectivity index (χ0v) is 11.6. The summed E-state index contributed by atoms with van der Waals surface area (Å²) in [5.41, 5.74) is -0.0220. The van der Waals surface area contributed by atoms with Crippen molar-refractivity contribution in [2.45, 2.75) is 12.6 Å². The third-order valence-corrected chi connectivity index (χ3v) is 3.36. The molecule has 4 nitrogen and oxygen atoms in total. The summed E-state index contributed by atoms with van der Waals surface area (Å²) in [7, 11) is 1.50. The Morgan fingerprint density at radius 3 is 2.59 bits per heavy atom. The quantitative estimate of drug-likeness (QED) is 0.745. The van der Waals surface area contributed by atoms with Gasteiger partial charge in [0.2, 0.25) is 5.65 Å². The first-order valence-electron chi connectivity index (χ1n) is 6.52. The van der Waals surface area contributed by atoms with Gasteiger partial charge >= 0.3 is 6.18 Å². The fourth-order valence-corrected chi connectivity index (χ4v) is 2.34. The van der Waals surface area contributed by atoms with Crippen LogP contribution >= 0.6 is 0 Å². The second kappa shape index (κ2) is 5.32. The first-order valence-corrected chi connectivity index (χ1v) is 6.52. The number of hydrogen-bond acceptors (Lipinski definition) is 3. The van der Waals surface area contributed by atoms with Crippen molar-refractivity contribution in [2.24, 2.45) is 0 Å². The monoisotopic (exact) mass is 307 g/mol. The van der Waals surface area contributed by atoms with Crippen LogP contribution < -0.4 is 4.74 Å². The van der Waals surface area contributed by atoms with E-state index in [1.807, 2.05) is 0 Å². The molecule has 3 rings (SSSR count). The highest BCUT2D eigenvalue weighted by atomic mass is 19.4. The number of pyridine rings is 1. The van der Waals surface area contributed by atoms with E-state index in [1.54, 1.807) is 28.8 Å². The fraction of sp³-hybridized carbons (Fsp3) is 0.200. The van der Waals surface area contributed by atoms with Gasteiger partial charge in [0, 0.05) is 12.6 Å². The number of alkyl halides is 3. The zero-order chi connectivity index (χ0) is 15.7. The predicted molar refractivity (Wildman–Crippen MR) is 73.8 cm³/mol. The van der Waals surface area contributed by atoms with Crippen molar-refractivity contribution in [3.63, 3.8) is 0 Å². The highest BCUT2D eigenvalue weighted by molar-refractivity contribution is 5.53. The Labute approximate surface area is 124 Å². The van der Waals surface area contributed by atoms with Crippen molar-refractivity contribution < 1.29 is 17.9 Å². The lowest BCUT2D eigenvalue weighted by atomic mass is 10.0. The van der Waals surface area contributed by atoms with E-state index in [0.717, 1.165) is 6.07 Å². The van der Waals surface area contributed by atoms with Gasteiger partial charge in [0.05, 0.1) is 12.7 Å². The fourth-order valence-electron chi connectivity index (χ4n) is 2.34. The topological polar surface area (TPSA) is 39.4 Å². The average molecular weight is 307 g/mol. The number of halogens is 3. The lowest BCUT2D eigenvalue weighted by Gasteiger charge is -2.11. The molecule has 0 fully saturated rings. The summed E-state index contributed by atoms with van der Waals surface area (Å²) in [6, 6.07) is 8.92. The molecule has 0 aliphatic rings. The molecule has 3 aromatic rings. The van der Waals surface area contributed by atoms with E-state index in [0.29, 0.717) is 17.2 Å². The van der Waals surface area contributed by atoms with Crippen LogP contribution in [0, 0.1) is 0 Å². The van der Waals surface area contributed by atoms with Gasteiger partial charge in [-0.2, -0.15) is 13.2 Å². The van der Waals surface area contributed by atoms with Crippen LogP contribution in [0.1, 0.15) is 17.0 Å². The molecule has 0 N–H and O–H groups in total. The number of methoxy groups -OCH3 is 1. The summed E-state index contributed by atoms with van der Waals surface area (Å²) in [5.74, 6) is 0.941. The minimum absolute atomic E-state index is 0.0318. The van der Waals surface area contributed by atoms with Crippen molar-refractivity contribution >= 4 is 5.65 Å². The summed E-state index contributed by atoms with van der Waals surface area (Å²) in [6.45, 7) is 0. The Balaban J connectivity index is 2.05. The Hall–Kier alpha value is -2.57. The summed E-state index contributed by atoms with van der Waals surface area (Å²) < 4.78 is 45.9. The molecule has 2 heterocycles. The first kappa shape index (κ1) is 14.4. The van der Waals surface area contributed by atoms with E-state index in [4.69, 9.17) is 4.74 Å². The summed E-state index contributed by atoms with van der Waals surface area (Å²) in [5, 5.41) is 7.97. The van der Waals surface area contributed by atoms with Crippen LogP contribution in [0.3, 0.4) is 0 Å². The van der Waals surface area contributed by atoms with Crippen molar-refractivity contribution in [2.75, 3.05) is 7.11 Å². The van der Waals surface area contributed by atoms with Crippen LogP contribution in [-0.4, -0.2) is 21.7 Å². The van der Waals surface area contributed by atoms with E-state index < -0.39 is 11.7 Å². The van der Waals surface area contributed by atoms with Gasteiger partial charge in [-0.15, -0.1) is 10.2 Å². The molecule has 0 spiro atoms. The van der Waals surface area contributed by atoms with Gasteiger partial charge in [-0.3, -0.25) is 4.40 Å². The van der Waals surface area contributed by atoms with E-state index in [1.165, 1.54) is 19.2 Å². The molecule has 0 saturated heterocycles. The maximum Gasteiger partial charge on any atom is 0.416 e. The van der Waals surface area contributed by atoms with Crippen molar-refractivity contribution in [1.82, 2.24) is 14.6 Å². The molecule has 0 aliphatic heterocycles. The molecular formula is C15H12F3N3O. The van der Waals surface area contributed by atoms with Crippen molar-refractivity contribution in [3.05, 3.63) is 59.5 Å². The van der Waals surface area contributed by atoms with Crippen LogP contribution in [0.4, 0.5) is 13.2 Å². The third-order valence-electron chi connectivity index (χ3n) is 3.36. The van der Waals surface area contributed by atoms with Gasteiger partial charge in [0.25, 0.3) is 0 Å². The standard InChI is InChI=1S/C15H12F3N3O/c1-22-12-7-4-8-21-13(19-20-14(12)21)9-10-5-2-3-6-11(10)15(16,17)18/h2-8H,9H2,1H3. The predicted octanol–water partition coefficient (Wildman–Crippen LogP) is 3.35. The van der Waals surface area contributed by atoms with Gasteiger partial charge in [0.15, 0.2) is 5.75 Å². The molecule has 1 aromatic carbocycles. The largest absolute Gasteiger partial charge is 0.493 e. The summed E-state index contributed by atoms with van der Waals surface area (Å²) in [6.07, 6.45) is -2.66. The first-order chi connectivity index (χ1) is 10.5. The van der Waals surface area contributed by atoms with Gasteiger partial charge in [-0.1, -0.05) is 18.2 Å². The lowest BCUT2D eigenvalue weighted by molar-refractivity contribution is -0.138. The highest BCUT2D eigenvalue weighted by Crippen LogP contribution is 2.32. The molecule has 0 radical (unpaired) electrons. The Bertz CT molecular complexity index is 811. The Morgan fingerprint density at radius 1 is 1.09 bits per heavy atom. The summed E-state index contributed by atoms with van der Waals surface area (Å²) in [4.78, 5) is 0. The number of benzene rings is 1. The van der Waals surface area contributed by atoms with E-state index >= 15 is 0 Å². The Morgan fingerprint density at radius 2 is 1.86 bits per heavy atom. The van der Waals surface area contributed by atoms with Crippen molar-refractivity contribution in [3.8, 4) is 5.75 Å². The molecule has 0 atom stereocenters. The van der Waals surface area contributed by atoms with Crippen LogP contribution in [-0.2, 0) is 12.6 Å². The van der Waals surface area contributed by atoms with E-state index in [2.05, 4.69) is 10.2 Å². The number of hydrogen-bond donors (Lipinski definition) is 0. The second-order valence-electron chi connectivity index (χ2n) is 4.72. The summed E-state index contributed by atoms with van der Waals surface area (Å²) >= 11 is 0. The molecule has 2 aromatic heterocycles. The third kappa shape index (κ3) is 2.49. The Kier molecular flexibility index (Phi) is 3.48. The molecule has 0 aliphatic carbocycles. The molecule has 7 heteroatoms. The minimum Gasteiger partial charge on any atom is -0.493 e. The lowest BCUT2D eigenvalue weighted by Crippen LogP contribution is -2.10. The average Bonchev–Trinajstić information content (AvgIpc) is 2.90. The molecule has 22 heavy (non-hydrogen) atoms. The van der Waals surface area contributed by atoms with E-state index in [-0.39, 0.29) is 12.0 Å². The molecule has 0 amide bonds. The van der Waals surface area contributed by atoms with Gasteiger partial charge in [-0.25, -0.2) is 0 Å². The van der Waals surface area contributed by atoms with Crippen LogP contribution in [0.15, 0.2) is 42.6 Å². The zero-order valence-electron chi connectivity index (χ0n) is 11.6. The normalized spacial score (nSPS) is 11.8. The molecule has 114 valence electrons. The second-order valence-corrected chi connectivity index (χ2v) is 4.72. The van der Waals surface area contributed by atoms with Crippen molar-refractivity contribution in [1.29, 1.82) is 0 Å². The highest BCUT2D eigenvalue weighted by Gasteiger charge is 2.33.